The summed E-state index contributed by atoms with van der Waals surface area (Å²) in [4.78, 5) is 25.4. The molecule has 1 saturated heterocycles. The number of carbonyl (C=O) groups is 2. The van der Waals surface area contributed by atoms with Crippen molar-refractivity contribution in [3.05, 3.63) is 35.4 Å². The lowest BCUT2D eigenvalue weighted by atomic mass is 9.72. The van der Waals surface area contributed by atoms with Crippen LogP contribution in [-0.4, -0.2) is 37.4 Å². The minimum absolute atomic E-state index is 0.0597. The second-order valence-corrected chi connectivity index (χ2v) is 6.48. The second kappa shape index (κ2) is 6.31. The van der Waals surface area contributed by atoms with Gasteiger partial charge in [0.15, 0.2) is 5.78 Å². The van der Waals surface area contributed by atoms with E-state index in [1.165, 1.54) is 0 Å². The number of nitrogens with one attached hydrogen (secondary N) is 1. The maximum absolute atomic E-state index is 12.8. The van der Waals surface area contributed by atoms with Gasteiger partial charge >= 0.3 is 0 Å². The van der Waals surface area contributed by atoms with E-state index in [9.17, 15) is 9.59 Å². The van der Waals surface area contributed by atoms with Crippen LogP contribution in [0.3, 0.4) is 0 Å². The number of rotatable bonds is 3. The van der Waals surface area contributed by atoms with Gasteiger partial charge in [-0.2, -0.15) is 0 Å². The van der Waals surface area contributed by atoms with Crippen molar-refractivity contribution >= 4 is 11.6 Å². The first-order chi connectivity index (χ1) is 10.6. The van der Waals surface area contributed by atoms with Gasteiger partial charge in [0.1, 0.15) is 5.78 Å². The Bertz CT molecular complexity index is 566. The predicted octanol–water partition coefficient (Wildman–Crippen LogP) is 2.15. The van der Waals surface area contributed by atoms with Gasteiger partial charge in [-0.1, -0.05) is 29.8 Å². The summed E-state index contributed by atoms with van der Waals surface area (Å²) in [7, 11) is 1.70. The van der Waals surface area contributed by atoms with E-state index in [0.717, 1.165) is 24.8 Å². The van der Waals surface area contributed by atoms with Crippen LogP contribution in [0.15, 0.2) is 24.3 Å². The summed E-state index contributed by atoms with van der Waals surface area (Å²) in [5.74, 6) is -0.613. The highest BCUT2D eigenvalue weighted by Gasteiger charge is 2.44. The molecule has 2 fully saturated rings. The molecule has 0 spiro atoms. The highest BCUT2D eigenvalue weighted by atomic mass is 16.5. The largest absolute Gasteiger partial charge is 0.381 e. The molecule has 118 valence electrons. The van der Waals surface area contributed by atoms with E-state index < -0.39 is 5.92 Å². The first-order valence-electron chi connectivity index (χ1n) is 8.01. The number of ether oxygens (including phenoxy) is 1. The summed E-state index contributed by atoms with van der Waals surface area (Å²) < 4.78 is 5.42. The Kier molecular flexibility index (Phi) is 4.41. The Balaban J connectivity index is 1.76. The van der Waals surface area contributed by atoms with Gasteiger partial charge in [0.25, 0.3) is 0 Å². The van der Waals surface area contributed by atoms with Crippen molar-refractivity contribution in [3.8, 4) is 0 Å². The summed E-state index contributed by atoms with van der Waals surface area (Å²) in [5, 5.41) is 3.41. The highest BCUT2D eigenvalue weighted by Crippen LogP contribution is 2.32. The van der Waals surface area contributed by atoms with Crippen LogP contribution in [0.5, 0.6) is 0 Å². The van der Waals surface area contributed by atoms with Crippen molar-refractivity contribution in [1.29, 1.82) is 0 Å². The fourth-order valence-electron chi connectivity index (χ4n) is 3.67. The lowest BCUT2D eigenvalue weighted by molar-refractivity contribution is -0.131. The zero-order valence-electron chi connectivity index (χ0n) is 13.2. The Morgan fingerprint density at radius 3 is 2.64 bits per heavy atom. The van der Waals surface area contributed by atoms with E-state index in [0.29, 0.717) is 12.1 Å². The van der Waals surface area contributed by atoms with Crippen LogP contribution in [0.1, 0.15) is 35.2 Å². The van der Waals surface area contributed by atoms with Gasteiger partial charge in [-0.05, 0) is 26.2 Å². The molecular formula is C18H23NO3. The Labute approximate surface area is 131 Å². The van der Waals surface area contributed by atoms with Crippen LogP contribution in [-0.2, 0) is 9.53 Å². The smallest absolute Gasteiger partial charge is 0.174 e. The maximum atomic E-state index is 12.8. The minimum Gasteiger partial charge on any atom is -0.381 e. The molecule has 3 rings (SSSR count). The molecule has 1 heterocycles. The highest BCUT2D eigenvalue weighted by molar-refractivity contribution is 6.12. The second-order valence-electron chi connectivity index (χ2n) is 6.48. The van der Waals surface area contributed by atoms with Crippen molar-refractivity contribution in [2.24, 2.45) is 11.8 Å². The van der Waals surface area contributed by atoms with Gasteiger partial charge in [-0.25, -0.2) is 0 Å². The van der Waals surface area contributed by atoms with Gasteiger partial charge in [-0.3, -0.25) is 9.59 Å². The normalized spacial score (nSPS) is 31.6. The monoisotopic (exact) mass is 301 g/mol. The molecule has 22 heavy (non-hydrogen) atoms. The van der Waals surface area contributed by atoms with Crippen molar-refractivity contribution in [1.82, 2.24) is 5.32 Å². The molecule has 1 aliphatic heterocycles. The Morgan fingerprint density at radius 2 is 1.95 bits per heavy atom. The van der Waals surface area contributed by atoms with E-state index in [-0.39, 0.29) is 29.6 Å². The van der Waals surface area contributed by atoms with Gasteiger partial charge in [0.05, 0.1) is 12.0 Å². The SMILES string of the molecule is COC1CCC2NCC(C(=O)c3ccc(C)cc3)C(=O)C2C1. The zero-order valence-corrected chi connectivity index (χ0v) is 13.2. The molecule has 0 bridgehead atoms. The topological polar surface area (TPSA) is 55.4 Å². The summed E-state index contributed by atoms with van der Waals surface area (Å²) in [6.07, 6.45) is 2.79. The van der Waals surface area contributed by atoms with Crippen LogP contribution in [0, 0.1) is 18.8 Å². The van der Waals surface area contributed by atoms with Crippen molar-refractivity contribution in [3.63, 3.8) is 0 Å². The van der Waals surface area contributed by atoms with Crippen LogP contribution >= 0.6 is 0 Å². The predicted molar refractivity (Wildman–Crippen MR) is 83.9 cm³/mol. The molecule has 4 heteroatoms. The molecule has 1 saturated carbocycles. The maximum Gasteiger partial charge on any atom is 0.174 e. The van der Waals surface area contributed by atoms with Gasteiger partial charge < -0.3 is 10.1 Å². The van der Waals surface area contributed by atoms with E-state index in [4.69, 9.17) is 4.74 Å². The molecule has 4 nitrogen and oxygen atoms in total. The molecule has 1 aromatic carbocycles. The Morgan fingerprint density at radius 1 is 1.23 bits per heavy atom. The van der Waals surface area contributed by atoms with E-state index in [1.54, 1.807) is 7.11 Å². The molecule has 1 aliphatic carbocycles. The third-order valence-corrected chi connectivity index (χ3v) is 5.08. The van der Waals surface area contributed by atoms with E-state index >= 15 is 0 Å². The van der Waals surface area contributed by atoms with Gasteiger partial charge in [0, 0.05) is 31.2 Å². The fourth-order valence-corrected chi connectivity index (χ4v) is 3.67. The number of ketones is 2. The molecule has 1 aromatic rings. The van der Waals surface area contributed by atoms with Gasteiger partial charge in [-0.15, -0.1) is 0 Å². The van der Waals surface area contributed by atoms with E-state index in [1.807, 2.05) is 31.2 Å². The molecule has 2 aliphatic rings. The first-order valence-corrected chi connectivity index (χ1v) is 8.01. The standard InChI is InChI=1S/C18H23NO3/c1-11-3-5-12(6-4-11)17(20)15-10-19-16-8-7-13(22-2)9-14(16)18(15)21/h3-6,13-16,19H,7-10H2,1-2H3. The number of benzene rings is 1. The van der Waals surface area contributed by atoms with Crippen LogP contribution in [0.2, 0.25) is 0 Å². The third-order valence-electron chi connectivity index (χ3n) is 5.08. The lowest BCUT2D eigenvalue weighted by Gasteiger charge is -2.40. The number of aryl methyl sites for hydroxylation is 1. The fraction of sp³-hybridized carbons (Fsp3) is 0.556. The molecule has 0 amide bonds. The number of fused-ring (bicyclic) bond motifs is 1. The molecule has 4 unspecified atom stereocenters. The van der Waals surface area contributed by atoms with E-state index in [2.05, 4.69) is 5.32 Å². The molecule has 0 radical (unpaired) electrons. The third kappa shape index (κ3) is 2.85. The average molecular weight is 301 g/mol. The van der Waals surface area contributed by atoms with Crippen molar-refractivity contribution in [2.75, 3.05) is 13.7 Å². The number of Topliss-reactive ketones (excluding diaryl/α,β-unsaturated/α-hetero) is 2. The van der Waals surface area contributed by atoms with Crippen molar-refractivity contribution < 1.29 is 14.3 Å². The number of methoxy groups -OCH3 is 1. The summed E-state index contributed by atoms with van der Waals surface area (Å²) in [6, 6.07) is 7.67. The zero-order chi connectivity index (χ0) is 15.7. The van der Waals surface area contributed by atoms with Crippen LogP contribution in [0.4, 0.5) is 0 Å². The quantitative estimate of drug-likeness (QED) is 0.686. The van der Waals surface area contributed by atoms with Crippen LogP contribution < -0.4 is 5.32 Å². The lowest BCUT2D eigenvalue weighted by Crippen LogP contribution is -2.56. The molecule has 4 atom stereocenters. The molecule has 1 N–H and O–H groups in total. The Hall–Kier alpha value is -1.52. The number of carbonyl (C=O) groups excluding carboxylic acids is 2. The number of piperidine rings is 1. The van der Waals surface area contributed by atoms with Crippen molar-refractivity contribution in [2.45, 2.75) is 38.3 Å². The minimum atomic E-state index is -0.556. The molecular weight excluding hydrogens is 278 g/mol. The first kappa shape index (κ1) is 15.4. The number of hydrogen-bond donors (Lipinski definition) is 1. The van der Waals surface area contributed by atoms with Gasteiger partial charge in [0.2, 0.25) is 0 Å². The summed E-state index contributed by atoms with van der Waals surface area (Å²) in [6.45, 7) is 2.45. The summed E-state index contributed by atoms with van der Waals surface area (Å²) >= 11 is 0. The van der Waals surface area contributed by atoms with Crippen LogP contribution in [0.25, 0.3) is 0 Å². The number of hydrogen-bond acceptors (Lipinski definition) is 4. The average Bonchev–Trinajstić information content (AvgIpc) is 2.55. The molecule has 0 aromatic heterocycles. The summed E-state index contributed by atoms with van der Waals surface area (Å²) in [5.41, 5.74) is 1.74.